The van der Waals surface area contributed by atoms with Gasteiger partial charge >= 0.3 is 0 Å². The van der Waals surface area contributed by atoms with Gasteiger partial charge in [-0.05, 0) is 36.2 Å². The summed E-state index contributed by atoms with van der Waals surface area (Å²) in [6.45, 7) is 0.638. The van der Waals surface area contributed by atoms with Gasteiger partial charge in [-0.2, -0.15) is 0 Å². The second kappa shape index (κ2) is 7.49. The van der Waals surface area contributed by atoms with E-state index in [1.54, 1.807) is 6.26 Å². The number of furan rings is 1. The van der Waals surface area contributed by atoms with Crippen molar-refractivity contribution >= 4 is 5.91 Å². The van der Waals surface area contributed by atoms with Gasteiger partial charge in [-0.1, -0.05) is 30.3 Å². The van der Waals surface area contributed by atoms with Crippen molar-refractivity contribution in [2.45, 2.75) is 18.9 Å². The summed E-state index contributed by atoms with van der Waals surface area (Å²) in [7, 11) is 0. The van der Waals surface area contributed by atoms with E-state index >= 15 is 0 Å². The zero-order valence-corrected chi connectivity index (χ0v) is 12.9. The molecule has 2 heterocycles. The zero-order chi connectivity index (χ0) is 15.9. The second-order valence-corrected chi connectivity index (χ2v) is 5.45. The van der Waals surface area contributed by atoms with Crippen molar-refractivity contribution in [1.29, 1.82) is 0 Å². The van der Waals surface area contributed by atoms with E-state index in [-0.39, 0.29) is 11.9 Å². The lowest BCUT2D eigenvalue weighted by Gasteiger charge is -2.16. The molecule has 3 aromatic rings. The van der Waals surface area contributed by atoms with E-state index in [1.165, 1.54) is 5.56 Å². The molecule has 0 aliphatic heterocycles. The zero-order valence-electron chi connectivity index (χ0n) is 12.9. The molecule has 0 saturated heterocycles. The van der Waals surface area contributed by atoms with Gasteiger partial charge in [0.25, 0.3) is 0 Å². The lowest BCUT2D eigenvalue weighted by Crippen LogP contribution is -2.28. The third-order valence-corrected chi connectivity index (χ3v) is 3.82. The number of hydrogen-bond acceptors (Lipinski definition) is 2. The van der Waals surface area contributed by atoms with E-state index < -0.39 is 0 Å². The van der Waals surface area contributed by atoms with Gasteiger partial charge in [-0.25, -0.2) is 0 Å². The Labute approximate surface area is 135 Å². The van der Waals surface area contributed by atoms with Crippen LogP contribution in [0.15, 0.2) is 77.7 Å². The predicted molar refractivity (Wildman–Crippen MR) is 89.1 cm³/mol. The van der Waals surface area contributed by atoms with Crippen molar-refractivity contribution < 1.29 is 9.21 Å². The molecule has 1 unspecified atom stereocenters. The summed E-state index contributed by atoms with van der Waals surface area (Å²) in [5, 5.41) is 2.99. The highest BCUT2D eigenvalue weighted by atomic mass is 16.3. The maximum Gasteiger partial charge on any atom is 0.222 e. The van der Waals surface area contributed by atoms with Crippen LogP contribution in [0.5, 0.6) is 0 Å². The van der Waals surface area contributed by atoms with E-state index in [4.69, 9.17) is 4.42 Å². The summed E-state index contributed by atoms with van der Waals surface area (Å²) in [4.78, 5) is 12.3. The molecule has 1 aromatic carbocycles. The highest BCUT2D eigenvalue weighted by Gasteiger charge is 2.19. The van der Waals surface area contributed by atoms with Gasteiger partial charge in [-0.15, -0.1) is 0 Å². The van der Waals surface area contributed by atoms with Crippen molar-refractivity contribution in [1.82, 2.24) is 9.88 Å². The van der Waals surface area contributed by atoms with E-state index in [0.717, 1.165) is 12.2 Å². The Balaban J connectivity index is 1.56. The number of rotatable bonds is 7. The van der Waals surface area contributed by atoms with Gasteiger partial charge in [-0.3, -0.25) is 4.79 Å². The molecular weight excluding hydrogens is 288 g/mol. The average Bonchev–Trinajstić information content (AvgIpc) is 3.27. The van der Waals surface area contributed by atoms with E-state index in [2.05, 4.69) is 17.4 Å². The van der Waals surface area contributed by atoms with Crippen molar-refractivity contribution in [2.75, 3.05) is 6.54 Å². The molecule has 1 amide bonds. The van der Waals surface area contributed by atoms with Gasteiger partial charge in [0.2, 0.25) is 5.91 Å². The van der Waals surface area contributed by atoms with Gasteiger partial charge in [0.05, 0.1) is 18.7 Å². The number of nitrogens with zero attached hydrogens (tertiary/aromatic N) is 1. The van der Waals surface area contributed by atoms with Crippen LogP contribution in [0.3, 0.4) is 0 Å². The van der Waals surface area contributed by atoms with Crippen LogP contribution >= 0.6 is 0 Å². The first-order valence-corrected chi connectivity index (χ1v) is 7.79. The number of carbonyl (C=O) groups is 1. The molecule has 0 bridgehead atoms. The molecule has 0 fully saturated rings. The first kappa shape index (κ1) is 15.2. The molecular formula is C19H20N2O2. The molecule has 0 saturated carbocycles. The Kier molecular flexibility index (Phi) is 4.94. The molecule has 3 rings (SSSR count). The summed E-state index contributed by atoms with van der Waals surface area (Å²) in [5.74, 6) is 0.815. The third-order valence-electron chi connectivity index (χ3n) is 3.82. The van der Waals surface area contributed by atoms with Gasteiger partial charge < -0.3 is 14.3 Å². The van der Waals surface area contributed by atoms with E-state index in [9.17, 15) is 4.79 Å². The summed E-state index contributed by atoms with van der Waals surface area (Å²) >= 11 is 0. The Bertz CT molecular complexity index is 669. The first-order chi connectivity index (χ1) is 11.3. The van der Waals surface area contributed by atoms with Crippen LogP contribution < -0.4 is 5.32 Å². The molecule has 1 atom stereocenters. The largest absolute Gasteiger partial charge is 0.467 e. The fourth-order valence-corrected chi connectivity index (χ4v) is 2.63. The smallest absolute Gasteiger partial charge is 0.222 e. The number of benzene rings is 1. The Morgan fingerprint density at radius 1 is 1.04 bits per heavy atom. The number of aromatic nitrogens is 1. The van der Waals surface area contributed by atoms with Crippen LogP contribution in [-0.2, 0) is 11.2 Å². The average molecular weight is 308 g/mol. The molecule has 118 valence electrons. The summed E-state index contributed by atoms with van der Waals surface area (Å²) < 4.78 is 7.49. The maximum absolute atomic E-state index is 12.3. The second-order valence-electron chi connectivity index (χ2n) is 5.45. The van der Waals surface area contributed by atoms with Crippen molar-refractivity contribution in [3.05, 3.63) is 84.6 Å². The highest BCUT2D eigenvalue weighted by molar-refractivity contribution is 5.76. The van der Waals surface area contributed by atoms with Crippen molar-refractivity contribution in [2.24, 2.45) is 0 Å². The van der Waals surface area contributed by atoms with Crippen LogP contribution in [0.2, 0.25) is 0 Å². The molecule has 0 aliphatic rings. The van der Waals surface area contributed by atoms with Crippen LogP contribution in [0.4, 0.5) is 0 Å². The SMILES string of the molecule is O=C(CC(c1ccco1)n1cccc1)NCCc1ccccc1. The normalized spacial score (nSPS) is 12.0. The van der Waals surface area contributed by atoms with Gasteiger partial charge in [0, 0.05) is 18.9 Å². The van der Waals surface area contributed by atoms with Crippen LogP contribution in [-0.4, -0.2) is 17.0 Å². The van der Waals surface area contributed by atoms with Crippen LogP contribution in [0, 0.1) is 0 Å². The molecule has 0 aliphatic carbocycles. The molecule has 4 heteroatoms. The van der Waals surface area contributed by atoms with Crippen LogP contribution in [0.25, 0.3) is 0 Å². The quantitative estimate of drug-likeness (QED) is 0.727. The lowest BCUT2D eigenvalue weighted by atomic mass is 10.1. The molecule has 23 heavy (non-hydrogen) atoms. The van der Waals surface area contributed by atoms with Gasteiger partial charge in [0.1, 0.15) is 5.76 Å². The number of amides is 1. The fourth-order valence-electron chi connectivity index (χ4n) is 2.63. The fraction of sp³-hybridized carbons (Fsp3) is 0.211. The minimum absolute atomic E-state index is 0.0241. The molecule has 4 nitrogen and oxygen atoms in total. The monoisotopic (exact) mass is 308 g/mol. The lowest BCUT2D eigenvalue weighted by molar-refractivity contribution is -0.121. The number of nitrogens with one attached hydrogen (secondary N) is 1. The third kappa shape index (κ3) is 4.13. The van der Waals surface area contributed by atoms with Gasteiger partial charge in [0.15, 0.2) is 0 Å². The Morgan fingerprint density at radius 2 is 1.83 bits per heavy atom. The standard InChI is InChI=1S/C19H20N2O2/c22-19(20-11-10-16-7-2-1-3-8-16)15-17(18-9-6-14-23-18)21-12-4-5-13-21/h1-9,12-14,17H,10-11,15H2,(H,20,22). The topological polar surface area (TPSA) is 47.2 Å². The molecule has 0 radical (unpaired) electrons. The number of carbonyl (C=O) groups excluding carboxylic acids is 1. The van der Waals surface area contributed by atoms with E-state index in [1.807, 2.05) is 59.4 Å². The number of hydrogen-bond donors (Lipinski definition) is 1. The van der Waals surface area contributed by atoms with E-state index in [0.29, 0.717) is 13.0 Å². The van der Waals surface area contributed by atoms with Crippen molar-refractivity contribution in [3.8, 4) is 0 Å². The first-order valence-electron chi connectivity index (χ1n) is 7.79. The van der Waals surface area contributed by atoms with Crippen molar-refractivity contribution in [3.63, 3.8) is 0 Å². The van der Waals surface area contributed by atoms with Crippen LogP contribution in [0.1, 0.15) is 23.8 Å². The molecule has 1 N–H and O–H groups in total. The Morgan fingerprint density at radius 3 is 2.52 bits per heavy atom. The minimum Gasteiger partial charge on any atom is -0.467 e. The summed E-state index contributed by atoms with van der Waals surface area (Å²) in [6.07, 6.45) is 6.73. The predicted octanol–water partition coefficient (Wildman–Crippen LogP) is 3.42. The maximum atomic E-state index is 12.3. The Hall–Kier alpha value is -2.75. The highest BCUT2D eigenvalue weighted by Crippen LogP contribution is 2.22. The minimum atomic E-state index is -0.114. The summed E-state index contributed by atoms with van der Waals surface area (Å²) in [6, 6.07) is 17.7. The molecule has 0 spiro atoms. The molecule has 2 aromatic heterocycles. The summed E-state index contributed by atoms with van der Waals surface area (Å²) in [5.41, 5.74) is 1.22.